The maximum Gasteiger partial charge on any atom is 0.322 e. The van der Waals surface area contributed by atoms with Crippen LogP contribution in [-0.2, 0) is 14.3 Å². The number of hydrogen-bond acceptors (Lipinski definition) is 4. The molecule has 0 spiro atoms. The standard InChI is InChI=1S/C23H31NO4/c1-21(2)22(3)12-13-23(21,20(26)28-15-22)19(25)24-14-6-5-7-18(24)16-8-10-17(27-4)11-9-16/h8-11,18H,5-7,12-15H2,1-4H3/t18-,22-,23-/m0/s1. The number of hydrogen-bond donors (Lipinski definition) is 0. The highest BCUT2D eigenvalue weighted by atomic mass is 16.5. The topological polar surface area (TPSA) is 55.8 Å². The molecule has 4 rings (SSSR count). The predicted molar refractivity (Wildman–Crippen MR) is 106 cm³/mol. The molecule has 1 amide bonds. The largest absolute Gasteiger partial charge is 0.497 e. The smallest absolute Gasteiger partial charge is 0.322 e. The van der Waals surface area contributed by atoms with Gasteiger partial charge in [-0.15, -0.1) is 0 Å². The lowest BCUT2D eigenvalue weighted by Gasteiger charge is -2.52. The number of cyclic esters (lactones) is 1. The van der Waals surface area contributed by atoms with Gasteiger partial charge in [-0.2, -0.15) is 0 Å². The van der Waals surface area contributed by atoms with E-state index in [1.54, 1.807) is 7.11 Å². The summed E-state index contributed by atoms with van der Waals surface area (Å²) in [5, 5.41) is 0. The third-order valence-electron chi connectivity index (χ3n) is 8.13. The molecule has 2 saturated heterocycles. The van der Waals surface area contributed by atoms with Crippen LogP contribution in [0.3, 0.4) is 0 Å². The van der Waals surface area contributed by atoms with E-state index in [2.05, 4.69) is 20.8 Å². The van der Waals surface area contributed by atoms with Crippen molar-refractivity contribution in [3.8, 4) is 5.75 Å². The summed E-state index contributed by atoms with van der Waals surface area (Å²) in [6, 6.07) is 7.96. The van der Waals surface area contributed by atoms with Crippen molar-refractivity contribution in [1.29, 1.82) is 0 Å². The molecule has 0 radical (unpaired) electrons. The Kier molecular flexibility index (Phi) is 4.48. The average molecular weight is 386 g/mol. The number of ether oxygens (including phenoxy) is 2. The minimum Gasteiger partial charge on any atom is -0.497 e. The molecule has 2 bridgehead atoms. The number of likely N-dealkylation sites (tertiary alicyclic amines) is 1. The lowest BCUT2D eigenvalue weighted by atomic mass is 9.57. The van der Waals surface area contributed by atoms with Gasteiger partial charge in [-0.25, -0.2) is 0 Å². The number of piperidine rings is 1. The highest BCUT2D eigenvalue weighted by molar-refractivity contribution is 6.05. The first-order valence-corrected chi connectivity index (χ1v) is 10.4. The van der Waals surface area contributed by atoms with Gasteiger partial charge >= 0.3 is 5.97 Å². The van der Waals surface area contributed by atoms with Crippen molar-refractivity contribution in [3.63, 3.8) is 0 Å². The highest BCUT2D eigenvalue weighted by Crippen LogP contribution is 2.66. The van der Waals surface area contributed by atoms with Gasteiger partial charge in [-0.1, -0.05) is 32.9 Å². The summed E-state index contributed by atoms with van der Waals surface area (Å²) >= 11 is 0. The molecule has 3 fully saturated rings. The van der Waals surface area contributed by atoms with Crippen molar-refractivity contribution >= 4 is 11.9 Å². The zero-order valence-electron chi connectivity index (χ0n) is 17.4. The van der Waals surface area contributed by atoms with E-state index in [0.717, 1.165) is 37.0 Å². The fourth-order valence-corrected chi connectivity index (χ4v) is 5.62. The summed E-state index contributed by atoms with van der Waals surface area (Å²) in [5.74, 6) is 0.447. The van der Waals surface area contributed by atoms with E-state index in [1.165, 1.54) is 0 Å². The Morgan fingerprint density at radius 1 is 1.14 bits per heavy atom. The molecule has 0 N–H and O–H groups in total. The summed E-state index contributed by atoms with van der Waals surface area (Å²) in [5.41, 5.74) is -0.536. The molecule has 2 heterocycles. The summed E-state index contributed by atoms with van der Waals surface area (Å²) in [6.07, 6.45) is 4.40. The molecular weight excluding hydrogens is 354 g/mol. The molecular formula is C23H31NO4. The van der Waals surface area contributed by atoms with Gasteiger partial charge < -0.3 is 14.4 Å². The number of amides is 1. The second-order valence-corrected chi connectivity index (χ2v) is 9.45. The summed E-state index contributed by atoms with van der Waals surface area (Å²) in [6.45, 7) is 7.44. The third kappa shape index (κ3) is 2.44. The van der Waals surface area contributed by atoms with Crippen LogP contribution in [-0.4, -0.2) is 37.0 Å². The van der Waals surface area contributed by atoms with Gasteiger partial charge in [-0.05, 0) is 55.2 Å². The quantitative estimate of drug-likeness (QED) is 0.580. The Morgan fingerprint density at radius 3 is 2.54 bits per heavy atom. The van der Waals surface area contributed by atoms with Gasteiger partial charge in [0.1, 0.15) is 5.75 Å². The van der Waals surface area contributed by atoms with Crippen LogP contribution in [0.4, 0.5) is 0 Å². The molecule has 1 aromatic rings. The molecule has 2 aliphatic heterocycles. The SMILES string of the molecule is COc1ccc([C@@H]2CCCCN2C(=O)[C@@]23CC[C@@](C)(COC2=O)C3(C)C)cc1. The fourth-order valence-electron chi connectivity index (χ4n) is 5.62. The predicted octanol–water partition coefficient (Wildman–Crippen LogP) is 4.12. The van der Waals surface area contributed by atoms with Crippen LogP contribution in [0, 0.1) is 16.2 Å². The molecule has 5 heteroatoms. The number of benzene rings is 1. The Balaban J connectivity index is 1.71. The number of fused-ring (bicyclic) bond motifs is 2. The monoisotopic (exact) mass is 385 g/mol. The lowest BCUT2D eigenvalue weighted by molar-refractivity contribution is -0.194. The van der Waals surface area contributed by atoms with Crippen LogP contribution in [0.15, 0.2) is 24.3 Å². The van der Waals surface area contributed by atoms with Crippen LogP contribution in [0.2, 0.25) is 0 Å². The van der Waals surface area contributed by atoms with Gasteiger partial charge in [-0.3, -0.25) is 9.59 Å². The van der Waals surface area contributed by atoms with Crippen molar-refractivity contribution in [1.82, 2.24) is 4.90 Å². The number of methoxy groups -OCH3 is 1. The van der Waals surface area contributed by atoms with Crippen LogP contribution in [0.25, 0.3) is 0 Å². The van der Waals surface area contributed by atoms with E-state index >= 15 is 0 Å². The van der Waals surface area contributed by atoms with Gasteiger partial charge in [0, 0.05) is 12.0 Å². The normalized spacial score (nSPS) is 34.1. The molecule has 3 aliphatic rings. The molecule has 0 aromatic heterocycles. The number of carbonyl (C=O) groups is 2. The Morgan fingerprint density at radius 2 is 1.86 bits per heavy atom. The number of rotatable bonds is 3. The minimum absolute atomic E-state index is 0.00101. The zero-order valence-corrected chi connectivity index (χ0v) is 17.4. The Bertz CT molecular complexity index is 786. The first-order valence-electron chi connectivity index (χ1n) is 10.4. The van der Waals surface area contributed by atoms with E-state index in [0.29, 0.717) is 19.6 Å². The Hall–Kier alpha value is -2.04. The van der Waals surface area contributed by atoms with Crippen LogP contribution in [0.1, 0.15) is 64.5 Å². The Labute approximate surface area is 167 Å². The van der Waals surface area contributed by atoms with Crippen LogP contribution in [0.5, 0.6) is 5.75 Å². The van der Waals surface area contributed by atoms with Crippen molar-refractivity contribution < 1.29 is 19.1 Å². The van der Waals surface area contributed by atoms with Crippen molar-refractivity contribution in [3.05, 3.63) is 29.8 Å². The van der Waals surface area contributed by atoms with Gasteiger partial charge in [0.25, 0.3) is 0 Å². The van der Waals surface area contributed by atoms with E-state index < -0.39 is 10.8 Å². The first kappa shape index (κ1) is 19.3. The lowest BCUT2D eigenvalue weighted by Crippen LogP contribution is -2.61. The summed E-state index contributed by atoms with van der Waals surface area (Å²) in [7, 11) is 1.65. The third-order valence-corrected chi connectivity index (χ3v) is 8.13. The highest BCUT2D eigenvalue weighted by Gasteiger charge is 2.72. The van der Waals surface area contributed by atoms with Gasteiger partial charge in [0.05, 0.1) is 19.8 Å². The second kappa shape index (κ2) is 6.50. The number of esters is 1. The molecule has 28 heavy (non-hydrogen) atoms. The second-order valence-electron chi connectivity index (χ2n) is 9.45. The van der Waals surface area contributed by atoms with Gasteiger partial charge in [0.15, 0.2) is 5.41 Å². The fraction of sp³-hybridized carbons (Fsp3) is 0.652. The van der Waals surface area contributed by atoms with E-state index in [1.807, 2.05) is 29.2 Å². The van der Waals surface area contributed by atoms with E-state index in [-0.39, 0.29) is 23.3 Å². The van der Waals surface area contributed by atoms with Crippen LogP contribution >= 0.6 is 0 Å². The average Bonchev–Trinajstić information content (AvgIpc) is 2.82. The maximum absolute atomic E-state index is 14.0. The number of carbonyl (C=O) groups excluding carboxylic acids is 2. The van der Waals surface area contributed by atoms with Gasteiger partial charge in [0.2, 0.25) is 5.91 Å². The first-order chi connectivity index (χ1) is 13.3. The maximum atomic E-state index is 14.0. The zero-order chi connectivity index (χ0) is 20.2. The van der Waals surface area contributed by atoms with Crippen molar-refractivity contribution in [2.75, 3.05) is 20.3 Å². The minimum atomic E-state index is -1.07. The molecule has 5 nitrogen and oxygen atoms in total. The molecule has 152 valence electrons. The molecule has 1 aromatic carbocycles. The van der Waals surface area contributed by atoms with Crippen LogP contribution < -0.4 is 4.74 Å². The van der Waals surface area contributed by atoms with E-state index in [4.69, 9.17) is 9.47 Å². The summed E-state index contributed by atoms with van der Waals surface area (Å²) < 4.78 is 10.9. The number of nitrogens with zero attached hydrogens (tertiary/aromatic N) is 1. The van der Waals surface area contributed by atoms with E-state index in [9.17, 15) is 9.59 Å². The molecule has 0 unspecified atom stereocenters. The van der Waals surface area contributed by atoms with Crippen molar-refractivity contribution in [2.45, 2.75) is 58.9 Å². The van der Waals surface area contributed by atoms with Crippen molar-refractivity contribution in [2.24, 2.45) is 16.2 Å². The molecule has 1 saturated carbocycles. The molecule has 1 aliphatic carbocycles. The summed E-state index contributed by atoms with van der Waals surface area (Å²) in [4.78, 5) is 29.0. The molecule has 3 atom stereocenters.